The minimum Gasteiger partial charge on any atom is -0.507 e. The molecule has 8 nitrogen and oxygen atoms in total. The fourth-order valence-corrected chi connectivity index (χ4v) is 5.49. The summed E-state index contributed by atoms with van der Waals surface area (Å²) in [6, 6.07) is 0. The van der Waals surface area contributed by atoms with Crippen LogP contribution in [0.25, 0.3) is 0 Å². The van der Waals surface area contributed by atoms with Crippen LogP contribution in [0, 0.1) is 11.8 Å². The summed E-state index contributed by atoms with van der Waals surface area (Å²) in [6.45, 7) is 10.6. The highest BCUT2D eigenvalue weighted by atomic mass is 16.5. The van der Waals surface area contributed by atoms with Gasteiger partial charge in [-0.25, -0.2) is 0 Å². The molecule has 1 aliphatic heterocycles. The van der Waals surface area contributed by atoms with Crippen molar-refractivity contribution in [3.05, 3.63) is 51.0 Å². The van der Waals surface area contributed by atoms with E-state index >= 15 is 0 Å². The zero-order valence-corrected chi connectivity index (χ0v) is 21.5. The third-order valence-corrected chi connectivity index (χ3v) is 7.68. The van der Waals surface area contributed by atoms with E-state index in [0.717, 1.165) is 24.0 Å². The molecule has 0 aromatic carbocycles. The highest BCUT2D eigenvalue weighted by molar-refractivity contribution is 5.44. The van der Waals surface area contributed by atoms with Crippen LogP contribution in [0.5, 0.6) is 5.75 Å². The number of aliphatic hydroxyl groups is 4. The lowest BCUT2D eigenvalue weighted by Crippen LogP contribution is -2.32. The van der Waals surface area contributed by atoms with E-state index in [1.165, 1.54) is 17.8 Å². The predicted molar refractivity (Wildman–Crippen MR) is 133 cm³/mol. The van der Waals surface area contributed by atoms with E-state index in [1.54, 1.807) is 0 Å². The molecule has 2 heterocycles. The number of aryl methyl sites for hydroxylation is 1. The van der Waals surface area contributed by atoms with Crippen molar-refractivity contribution in [3.63, 3.8) is 0 Å². The number of pyridine rings is 1. The molecule has 0 radical (unpaired) electrons. The summed E-state index contributed by atoms with van der Waals surface area (Å²) in [5.41, 5.74) is 1.75. The molecule has 3 rings (SSSR count). The van der Waals surface area contributed by atoms with Gasteiger partial charge in [-0.1, -0.05) is 39.3 Å². The average molecular weight is 492 g/mol. The van der Waals surface area contributed by atoms with Gasteiger partial charge < -0.3 is 34.8 Å². The Balaban J connectivity index is 1.96. The van der Waals surface area contributed by atoms with Crippen molar-refractivity contribution in [2.24, 2.45) is 18.9 Å². The number of aliphatic hydroxyl groups excluding tert-OH is 4. The molecule has 1 aromatic heterocycles. The van der Waals surface area contributed by atoms with Gasteiger partial charge in [0.1, 0.15) is 18.0 Å². The summed E-state index contributed by atoms with van der Waals surface area (Å²) in [5, 5.41) is 52.1. The second kappa shape index (κ2) is 11.0. The highest BCUT2D eigenvalue weighted by Gasteiger charge is 2.50. The van der Waals surface area contributed by atoms with Crippen molar-refractivity contribution >= 4 is 0 Å². The summed E-state index contributed by atoms with van der Waals surface area (Å²) in [5.74, 6) is -0.563. The van der Waals surface area contributed by atoms with Crippen molar-refractivity contribution in [2.75, 3.05) is 0 Å². The zero-order chi connectivity index (χ0) is 26.2. The fraction of sp³-hybridized carbons (Fsp3) is 0.667. The Bertz CT molecular complexity index is 1020. The number of allylic oxidation sites excluding steroid dienone is 1. The maximum atomic E-state index is 13.1. The van der Waals surface area contributed by atoms with E-state index in [1.807, 2.05) is 19.9 Å². The monoisotopic (exact) mass is 491 g/mol. The smallest absolute Gasteiger partial charge is 0.259 e. The summed E-state index contributed by atoms with van der Waals surface area (Å²) in [4.78, 5) is 13.1. The SMILES string of the molecule is CC[C@@H](C)C[C@H](C)/C=C(\C)[C@H]1OC(c2c(O)c(C3[C@@H](O)[C@H](O)[C@H](O)[C@@H]3O)cn(C)c2=O)CC=C1C. The van der Waals surface area contributed by atoms with Crippen LogP contribution in [0.1, 0.15) is 77.0 Å². The molecule has 1 saturated carbocycles. The first-order chi connectivity index (χ1) is 16.4. The highest BCUT2D eigenvalue weighted by Crippen LogP contribution is 2.43. The van der Waals surface area contributed by atoms with E-state index in [9.17, 15) is 30.3 Å². The second-order valence-corrected chi connectivity index (χ2v) is 10.6. The van der Waals surface area contributed by atoms with Gasteiger partial charge in [0.2, 0.25) is 0 Å². The molecule has 35 heavy (non-hydrogen) atoms. The number of aromatic hydroxyl groups is 1. The van der Waals surface area contributed by atoms with Gasteiger partial charge in [-0.05, 0) is 49.7 Å². The van der Waals surface area contributed by atoms with Gasteiger partial charge in [0.05, 0.1) is 30.0 Å². The van der Waals surface area contributed by atoms with Gasteiger partial charge >= 0.3 is 0 Å². The molecular weight excluding hydrogens is 450 g/mol. The van der Waals surface area contributed by atoms with Crippen LogP contribution in [0.2, 0.25) is 0 Å². The van der Waals surface area contributed by atoms with Crippen LogP contribution in [-0.2, 0) is 11.8 Å². The Morgan fingerprint density at radius 2 is 1.77 bits per heavy atom. The molecule has 1 fully saturated rings. The van der Waals surface area contributed by atoms with E-state index < -0.39 is 42.0 Å². The molecule has 5 N–H and O–H groups in total. The first-order valence-electron chi connectivity index (χ1n) is 12.5. The van der Waals surface area contributed by atoms with Gasteiger partial charge in [0.15, 0.2) is 0 Å². The maximum Gasteiger partial charge on any atom is 0.259 e. The van der Waals surface area contributed by atoms with Crippen molar-refractivity contribution in [2.45, 2.75) is 96.4 Å². The Hall–Kier alpha value is -1.97. The molecule has 9 atom stereocenters. The quantitative estimate of drug-likeness (QED) is 0.370. The topological polar surface area (TPSA) is 132 Å². The number of hydrogen-bond acceptors (Lipinski definition) is 7. The second-order valence-electron chi connectivity index (χ2n) is 10.6. The number of hydrogen-bond donors (Lipinski definition) is 5. The summed E-state index contributed by atoms with van der Waals surface area (Å²) >= 11 is 0. The molecule has 0 spiro atoms. The van der Waals surface area contributed by atoms with E-state index in [4.69, 9.17) is 4.74 Å². The lowest BCUT2D eigenvalue weighted by Gasteiger charge is -2.32. The Morgan fingerprint density at radius 1 is 1.17 bits per heavy atom. The maximum absolute atomic E-state index is 13.1. The lowest BCUT2D eigenvalue weighted by molar-refractivity contribution is -0.0413. The van der Waals surface area contributed by atoms with Gasteiger partial charge in [-0.2, -0.15) is 0 Å². The fourth-order valence-electron chi connectivity index (χ4n) is 5.49. The molecule has 2 unspecified atom stereocenters. The molecule has 1 aromatic rings. The normalized spacial score (nSPS) is 31.9. The Labute approximate surface area is 207 Å². The molecule has 0 amide bonds. The minimum atomic E-state index is -1.57. The number of aromatic nitrogens is 1. The van der Waals surface area contributed by atoms with Gasteiger partial charge in [0.25, 0.3) is 5.56 Å². The molecular formula is C27H41NO7. The first kappa shape index (κ1) is 27.6. The van der Waals surface area contributed by atoms with Crippen molar-refractivity contribution in [3.8, 4) is 5.75 Å². The number of rotatable bonds is 7. The minimum absolute atomic E-state index is 0.0366. The van der Waals surface area contributed by atoms with E-state index in [0.29, 0.717) is 18.3 Å². The molecule has 0 saturated heterocycles. The third kappa shape index (κ3) is 5.42. The van der Waals surface area contributed by atoms with Crippen molar-refractivity contribution in [1.29, 1.82) is 0 Å². The standard InChI is InChI=1S/C27H41NO7/c1-7-13(2)10-14(3)11-16(5)26-15(4)8-9-18(35-26)20-21(29)17(12-28(6)27(20)34)19-22(30)24(32)25(33)23(19)31/h8,11-14,18-19,22-26,29-33H,7,9-10H2,1-6H3/b16-11+/t13-,14+,18?,19?,22-,23-,24-,25+,26+/m1/s1. The molecule has 2 aliphatic rings. The van der Waals surface area contributed by atoms with Crippen LogP contribution in [0.4, 0.5) is 0 Å². The Kier molecular flexibility index (Phi) is 8.65. The van der Waals surface area contributed by atoms with Crippen molar-refractivity contribution < 1.29 is 30.3 Å². The van der Waals surface area contributed by atoms with Crippen LogP contribution < -0.4 is 5.56 Å². The van der Waals surface area contributed by atoms with Crippen LogP contribution in [0.15, 0.2) is 34.3 Å². The predicted octanol–water partition coefficient (Wildman–Crippen LogP) is 2.43. The number of ether oxygens (including phenoxy) is 1. The van der Waals surface area contributed by atoms with Crippen molar-refractivity contribution in [1.82, 2.24) is 4.57 Å². The summed E-state index contributed by atoms with van der Waals surface area (Å²) in [6.07, 6.45) is 0.890. The molecule has 0 bridgehead atoms. The van der Waals surface area contributed by atoms with E-state index in [2.05, 4.69) is 26.8 Å². The largest absolute Gasteiger partial charge is 0.507 e. The van der Waals surface area contributed by atoms with Crippen LogP contribution >= 0.6 is 0 Å². The van der Waals surface area contributed by atoms with E-state index in [-0.39, 0.29) is 23.0 Å². The lowest BCUT2D eigenvalue weighted by atomic mass is 9.89. The summed E-state index contributed by atoms with van der Waals surface area (Å²) < 4.78 is 7.64. The Morgan fingerprint density at radius 3 is 2.34 bits per heavy atom. The average Bonchev–Trinajstić information content (AvgIpc) is 2.99. The number of nitrogens with zero attached hydrogens (tertiary/aromatic N) is 1. The van der Waals surface area contributed by atoms with Gasteiger partial charge in [-0.3, -0.25) is 4.79 Å². The van der Waals surface area contributed by atoms with Gasteiger partial charge in [-0.15, -0.1) is 0 Å². The summed E-state index contributed by atoms with van der Waals surface area (Å²) in [7, 11) is 1.51. The molecule has 1 aliphatic carbocycles. The van der Waals surface area contributed by atoms with Crippen LogP contribution in [0.3, 0.4) is 0 Å². The molecule has 196 valence electrons. The zero-order valence-electron chi connectivity index (χ0n) is 21.5. The van der Waals surface area contributed by atoms with Gasteiger partial charge in [0, 0.05) is 24.7 Å². The third-order valence-electron chi connectivity index (χ3n) is 7.68. The molecule has 8 heteroatoms. The first-order valence-corrected chi connectivity index (χ1v) is 12.5. The van der Waals surface area contributed by atoms with Crippen LogP contribution in [-0.4, -0.2) is 60.6 Å².